The van der Waals surface area contributed by atoms with E-state index >= 15 is 0 Å². The van der Waals surface area contributed by atoms with Crippen molar-refractivity contribution in [3.05, 3.63) is 72.1 Å². The zero-order valence-corrected chi connectivity index (χ0v) is 11.6. The fraction of sp³-hybridized carbons (Fsp3) is 0.176. The highest BCUT2D eigenvalue weighted by atomic mass is 15.4. The molecule has 1 unspecified atom stereocenters. The molecule has 0 fully saturated rings. The number of fused-ring (bicyclic) bond motifs is 1. The first-order valence-corrected chi connectivity index (χ1v) is 7.22. The van der Waals surface area contributed by atoms with Crippen LogP contribution in [0, 0.1) is 0 Å². The Kier molecular flexibility index (Phi) is 2.92. The summed E-state index contributed by atoms with van der Waals surface area (Å²) in [6.45, 7) is 0.974. The van der Waals surface area contributed by atoms with Gasteiger partial charge in [0.2, 0.25) is 0 Å². The molecular weight excluding hydrogens is 260 g/mol. The first-order valence-electron chi connectivity index (χ1n) is 7.22. The van der Waals surface area contributed by atoms with Crippen molar-refractivity contribution in [2.24, 2.45) is 0 Å². The summed E-state index contributed by atoms with van der Waals surface area (Å²) >= 11 is 0. The number of benzene rings is 2. The standard InChI is InChI=1S/C17H16N4/c1-2-6-13(7-3-1)21-17(12-19-20-21)15-10-11-18-16-9-5-4-8-14(15)16/h1-9,12,15,18H,10-11H2. The quantitative estimate of drug-likeness (QED) is 0.781. The summed E-state index contributed by atoms with van der Waals surface area (Å²) in [6, 6.07) is 18.7. The van der Waals surface area contributed by atoms with Crippen LogP contribution in [0.25, 0.3) is 5.69 Å². The SMILES string of the molecule is c1ccc(-n2nncc2C2CCNc3ccccc32)cc1. The number of hydrogen-bond donors (Lipinski definition) is 1. The van der Waals surface area contributed by atoms with Crippen LogP contribution in [0.5, 0.6) is 0 Å². The van der Waals surface area contributed by atoms with Crippen LogP contribution in [-0.4, -0.2) is 21.5 Å². The van der Waals surface area contributed by atoms with E-state index in [1.54, 1.807) is 0 Å². The molecule has 0 saturated carbocycles. The van der Waals surface area contributed by atoms with E-state index in [4.69, 9.17) is 0 Å². The normalized spacial score (nSPS) is 17.0. The van der Waals surface area contributed by atoms with Crippen LogP contribution >= 0.6 is 0 Å². The maximum atomic E-state index is 4.28. The van der Waals surface area contributed by atoms with Crippen molar-refractivity contribution in [1.29, 1.82) is 0 Å². The summed E-state index contributed by atoms with van der Waals surface area (Å²) in [5.41, 5.74) is 4.74. The second-order valence-corrected chi connectivity index (χ2v) is 5.26. The highest BCUT2D eigenvalue weighted by molar-refractivity contribution is 5.57. The lowest BCUT2D eigenvalue weighted by Crippen LogP contribution is -2.19. The largest absolute Gasteiger partial charge is 0.385 e. The maximum absolute atomic E-state index is 4.28. The molecule has 3 aromatic rings. The number of nitrogens with one attached hydrogen (secondary N) is 1. The molecule has 0 bridgehead atoms. The van der Waals surface area contributed by atoms with Gasteiger partial charge in [-0.1, -0.05) is 41.6 Å². The Balaban J connectivity index is 1.81. The van der Waals surface area contributed by atoms with Gasteiger partial charge >= 0.3 is 0 Å². The number of hydrogen-bond acceptors (Lipinski definition) is 3. The van der Waals surface area contributed by atoms with Gasteiger partial charge in [0.25, 0.3) is 0 Å². The van der Waals surface area contributed by atoms with E-state index in [9.17, 15) is 0 Å². The first kappa shape index (κ1) is 12.1. The van der Waals surface area contributed by atoms with Gasteiger partial charge in [-0.05, 0) is 30.2 Å². The lowest BCUT2D eigenvalue weighted by Gasteiger charge is -2.26. The molecule has 0 amide bonds. The number of anilines is 1. The average molecular weight is 276 g/mol. The second-order valence-electron chi connectivity index (χ2n) is 5.26. The minimum atomic E-state index is 0.331. The second kappa shape index (κ2) is 5.05. The average Bonchev–Trinajstić information content (AvgIpc) is 3.04. The number of aromatic nitrogens is 3. The molecular formula is C17H16N4. The Labute approximate surface area is 123 Å². The lowest BCUT2D eigenvalue weighted by molar-refractivity contribution is 0.657. The Morgan fingerprint density at radius 1 is 1.00 bits per heavy atom. The van der Waals surface area contributed by atoms with Crippen molar-refractivity contribution in [2.45, 2.75) is 12.3 Å². The molecule has 1 aliphatic heterocycles. The van der Waals surface area contributed by atoms with Gasteiger partial charge in [0.05, 0.1) is 17.6 Å². The van der Waals surface area contributed by atoms with Crippen LogP contribution in [0.3, 0.4) is 0 Å². The van der Waals surface area contributed by atoms with Crippen LogP contribution in [0.2, 0.25) is 0 Å². The molecule has 2 aromatic carbocycles. The predicted molar refractivity (Wildman–Crippen MR) is 82.8 cm³/mol. The van der Waals surface area contributed by atoms with E-state index in [0.717, 1.165) is 24.3 Å². The molecule has 0 radical (unpaired) electrons. The van der Waals surface area contributed by atoms with E-state index in [1.807, 2.05) is 29.1 Å². The molecule has 4 heteroatoms. The summed E-state index contributed by atoms with van der Waals surface area (Å²) in [5, 5.41) is 11.9. The molecule has 1 aliphatic rings. The van der Waals surface area contributed by atoms with Gasteiger partial charge in [-0.3, -0.25) is 0 Å². The van der Waals surface area contributed by atoms with Crippen molar-refractivity contribution in [1.82, 2.24) is 15.0 Å². The van der Waals surface area contributed by atoms with Crippen molar-refractivity contribution in [3.8, 4) is 5.69 Å². The maximum Gasteiger partial charge on any atom is 0.0736 e. The highest BCUT2D eigenvalue weighted by Gasteiger charge is 2.25. The zero-order valence-electron chi connectivity index (χ0n) is 11.6. The minimum absolute atomic E-state index is 0.331. The summed E-state index contributed by atoms with van der Waals surface area (Å²) in [7, 11) is 0. The summed E-state index contributed by atoms with van der Waals surface area (Å²) in [4.78, 5) is 0. The first-order chi connectivity index (χ1) is 10.4. The van der Waals surface area contributed by atoms with Crippen molar-refractivity contribution in [3.63, 3.8) is 0 Å². The molecule has 0 spiro atoms. The van der Waals surface area contributed by atoms with Crippen LogP contribution in [0.15, 0.2) is 60.8 Å². The van der Waals surface area contributed by atoms with E-state index in [2.05, 4.69) is 52.0 Å². The fourth-order valence-corrected chi connectivity index (χ4v) is 3.03. The van der Waals surface area contributed by atoms with Gasteiger partial charge < -0.3 is 5.32 Å². The van der Waals surface area contributed by atoms with Crippen molar-refractivity contribution >= 4 is 5.69 Å². The number of nitrogens with zero attached hydrogens (tertiary/aromatic N) is 3. The molecule has 4 nitrogen and oxygen atoms in total. The Bertz CT molecular complexity index is 748. The van der Waals surface area contributed by atoms with Crippen molar-refractivity contribution in [2.75, 3.05) is 11.9 Å². The Morgan fingerprint density at radius 3 is 2.71 bits per heavy atom. The van der Waals surface area contributed by atoms with Gasteiger partial charge in [-0.2, -0.15) is 0 Å². The summed E-state index contributed by atoms with van der Waals surface area (Å²) in [5.74, 6) is 0.331. The topological polar surface area (TPSA) is 42.7 Å². The third-order valence-corrected chi connectivity index (χ3v) is 4.02. The van der Waals surface area contributed by atoms with E-state index in [0.29, 0.717) is 5.92 Å². The van der Waals surface area contributed by atoms with Crippen LogP contribution in [0.4, 0.5) is 5.69 Å². The molecule has 1 aromatic heterocycles. The van der Waals surface area contributed by atoms with Crippen LogP contribution in [0.1, 0.15) is 23.6 Å². The molecule has 4 rings (SSSR count). The molecule has 1 N–H and O–H groups in total. The molecule has 104 valence electrons. The van der Waals surface area contributed by atoms with Gasteiger partial charge in [0.15, 0.2) is 0 Å². The smallest absolute Gasteiger partial charge is 0.0736 e. The monoisotopic (exact) mass is 276 g/mol. The highest BCUT2D eigenvalue weighted by Crippen LogP contribution is 2.36. The van der Waals surface area contributed by atoms with E-state index in [1.165, 1.54) is 11.3 Å². The molecule has 1 atom stereocenters. The Hall–Kier alpha value is -2.62. The van der Waals surface area contributed by atoms with Gasteiger partial charge in [-0.15, -0.1) is 5.10 Å². The third kappa shape index (κ3) is 2.09. The molecule has 0 saturated heterocycles. The summed E-state index contributed by atoms with van der Waals surface area (Å²) in [6.07, 6.45) is 2.94. The fourth-order valence-electron chi connectivity index (χ4n) is 3.03. The molecule has 0 aliphatic carbocycles. The molecule has 21 heavy (non-hydrogen) atoms. The van der Waals surface area contributed by atoms with E-state index in [-0.39, 0.29) is 0 Å². The zero-order chi connectivity index (χ0) is 14.1. The van der Waals surface area contributed by atoms with E-state index < -0.39 is 0 Å². The summed E-state index contributed by atoms with van der Waals surface area (Å²) < 4.78 is 1.95. The predicted octanol–water partition coefficient (Wildman–Crippen LogP) is 3.21. The minimum Gasteiger partial charge on any atom is -0.385 e. The van der Waals surface area contributed by atoms with Gasteiger partial charge in [0.1, 0.15) is 0 Å². The van der Waals surface area contributed by atoms with Crippen molar-refractivity contribution < 1.29 is 0 Å². The third-order valence-electron chi connectivity index (χ3n) is 4.02. The number of para-hydroxylation sites is 2. The van der Waals surface area contributed by atoms with Gasteiger partial charge in [0, 0.05) is 18.2 Å². The van der Waals surface area contributed by atoms with Gasteiger partial charge in [-0.25, -0.2) is 4.68 Å². The van der Waals surface area contributed by atoms with Crippen LogP contribution < -0.4 is 5.32 Å². The lowest BCUT2D eigenvalue weighted by atomic mass is 9.88. The van der Waals surface area contributed by atoms with Crippen LogP contribution in [-0.2, 0) is 0 Å². The number of rotatable bonds is 2. The Morgan fingerprint density at radius 2 is 1.81 bits per heavy atom. The molecule has 2 heterocycles.